The summed E-state index contributed by atoms with van der Waals surface area (Å²) in [5.41, 5.74) is 1.64. The van der Waals surface area contributed by atoms with Gasteiger partial charge in [0.1, 0.15) is 5.82 Å². The minimum absolute atomic E-state index is 0.00444. The molecule has 0 aliphatic carbocycles. The van der Waals surface area contributed by atoms with Crippen LogP contribution < -0.4 is 0 Å². The number of nitrogens with one attached hydrogen (secondary N) is 1. The molecule has 2 heterocycles. The Balaban J connectivity index is 1.73. The van der Waals surface area contributed by atoms with Gasteiger partial charge in [0.25, 0.3) is 5.91 Å². The summed E-state index contributed by atoms with van der Waals surface area (Å²) in [7, 11) is 1.64. The fourth-order valence-electron chi connectivity index (χ4n) is 3.45. The molecule has 6 heteroatoms. The van der Waals surface area contributed by atoms with Crippen molar-refractivity contribution in [2.24, 2.45) is 5.92 Å². The standard InChI is InChI=1S/C18H25N3O3/c1-12-11-21(8-6-18(12,23)7-9-24-3)17(22)14-4-5-15-16(10-14)20-13(2)19-15/h4-5,10,12,23H,6-9,11H2,1-3H3,(H,19,20)/t12?,18-/m1/s1. The lowest BCUT2D eigenvalue weighted by molar-refractivity contribution is -0.0750. The van der Waals surface area contributed by atoms with Gasteiger partial charge in [0.15, 0.2) is 0 Å². The molecular weight excluding hydrogens is 306 g/mol. The molecule has 0 bridgehead atoms. The molecule has 1 amide bonds. The van der Waals surface area contributed by atoms with Crippen LogP contribution in [0.3, 0.4) is 0 Å². The lowest BCUT2D eigenvalue weighted by atomic mass is 9.79. The molecule has 1 fully saturated rings. The highest BCUT2D eigenvalue weighted by molar-refractivity contribution is 5.97. The number of ether oxygens (including phenoxy) is 1. The summed E-state index contributed by atoms with van der Waals surface area (Å²) in [5, 5.41) is 10.8. The maximum Gasteiger partial charge on any atom is 0.253 e. The number of aromatic nitrogens is 2. The van der Waals surface area contributed by atoms with E-state index in [0.717, 1.165) is 16.9 Å². The Morgan fingerprint density at radius 1 is 1.54 bits per heavy atom. The second kappa shape index (κ2) is 6.53. The van der Waals surface area contributed by atoms with Crippen molar-refractivity contribution >= 4 is 16.9 Å². The topological polar surface area (TPSA) is 78.5 Å². The summed E-state index contributed by atoms with van der Waals surface area (Å²) in [5.74, 6) is 0.859. The number of carbonyl (C=O) groups excluding carboxylic acids is 1. The Labute approximate surface area is 141 Å². The number of nitrogens with zero attached hydrogens (tertiary/aromatic N) is 2. The number of rotatable bonds is 4. The molecule has 2 aromatic rings. The first kappa shape index (κ1) is 16.9. The highest BCUT2D eigenvalue weighted by atomic mass is 16.5. The maximum absolute atomic E-state index is 12.8. The van der Waals surface area contributed by atoms with E-state index < -0.39 is 5.60 Å². The minimum Gasteiger partial charge on any atom is -0.389 e. The summed E-state index contributed by atoms with van der Waals surface area (Å²) in [4.78, 5) is 22.2. The van der Waals surface area contributed by atoms with Gasteiger partial charge in [-0.25, -0.2) is 4.98 Å². The van der Waals surface area contributed by atoms with E-state index in [9.17, 15) is 9.90 Å². The van der Waals surface area contributed by atoms with Crippen LogP contribution in [0.4, 0.5) is 0 Å². The fourth-order valence-corrected chi connectivity index (χ4v) is 3.45. The van der Waals surface area contributed by atoms with Crippen LogP contribution in [0, 0.1) is 12.8 Å². The molecule has 1 aromatic carbocycles. The monoisotopic (exact) mass is 331 g/mol. The van der Waals surface area contributed by atoms with Crippen molar-refractivity contribution in [3.8, 4) is 0 Å². The van der Waals surface area contributed by atoms with Crippen LogP contribution in [0.15, 0.2) is 18.2 Å². The van der Waals surface area contributed by atoms with Crippen molar-refractivity contribution in [1.82, 2.24) is 14.9 Å². The number of aryl methyl sites for hydroxylation is 1. The van der Waals surface area contributed by atoms with Gasteiger partial charge in [-0.05, 0) is 38.0 Å². The molecule has 130 valence electrons. The van der Waals surface area contributed by atoms with E-state index in [0.29, 0.717) is 38.1 Å². The van der Waals surface area contributed by atoms with E-state index in [2.05, 4.69) is 9.97 Å². The molecule has 6 nitrogen and oxygen atoms in total. The van der Waals surface area contributed by atoms with Gasteiger partial charge in [-0.2, -0.15) is 0 Å². The van der Waals surface area contributed by atoms with Crippen LogP contribution in [-0.4, -0.2) is 58.3 Å². The number of piperidine rings is 1. The van der Waals surface area contributed by atoms with Gasteiger partial charge < -0.3 is 19.7 Å². The number of fused-ring (bicyclic) bond motifs is 1. The largest absolute Gasteiger partial charge is 0.389 e. The Hall–Kier alpha value is -1.92. The molecule has 0 spiro atoms. The second-order valence-electron chi connectivity index (χ2n) is 6.80. The average molecular weight is 331 g/mol. The SMILES string of the molecule is COCC[C@]1(O)CCN(C(=O)c2ccc3nc(C)[nH]c3c2)CC1C. The molecule has 1 aromatic heterocycles. The third-order valence-corrected chi connectivity index (χ3v) is 5.10. The van der Waals surface area contributed by atoms with E-state index in [-0.39, 0.29) is 11.8 Å². The molecule has 24 heavy (non-hydrogen) atoms. The quantitative estimate of drug-likeness (QED) is 0.899. The number of hydrogen-bond acceptors (Lipinski definition) is 4. The Morgan fingerprint density at radius 3 is 3.04 bits per heavy atom. The van der Waals surface area contributed by atoms with Crippen molar-refractivity contribution in [2.45, 2.75) is 32.3 Å². The number of methoxy groups -OCH3 is 1. The lowest BCUT2D eigenvalue weighted by Gasteiger charge is -2.43. The van der Waals surface area contributed by atoms with Crippen LogP contribution >= 0.6 is 0 Å². The van der Waals surface area contributed by atoms with Crippen molar-refractivity contribution in [3.63, 3.8) is 0 Å². The van der Waals surface area contributed by atoms with Crippen molar-refractivity contribution < 1.29 is 14.6 Å². The first-order valence-corrected chi connectivity index (χ1v) is 8.40. The number of amides is 1. The van der Waals surface area contributed by atoms with Gasteiger partial charge in [0.2, 0.25) is 0 Å². The van der Waals surface area contributed by atoms with Crippen LogP contribution in [0.1, 0.15) is 35.9 Å². The molecule has 1 aliphatic rings. The summed E-state index contributed by atoms with van der Waals surface area (Å²) in [6.07, 6.45) is 1.18. The number of carbonyl (C=O) groups is 1. The predicted molar refractivity (Wildman–Crippen MR) is 92.0 cm³/mol. The average Bonchev–Trinajstić information content (AvgIpc) is 2.94. The Kier molecular flexibility index (Phi) is 4.60. The second-order valence-corrected chi connectivity index (χ2v) is 6.80. The van der Waals surface area contributed by atoms with Crippen molar-refractivity contribution in [1.29, 1.82) is 0 Å². The number of imidazole rings is 1. The van der Waals surface area contributed by atoms with Crippen LogP contribution in [0.2, 0.25) is 0 Å². The molecule has 3 rings (SSSR count). The summed E-state index contributed by atoms with van der Waals surface area (Å²) in [6, 6.07) is 5.55. The lowest BCUT2D eigenvalue weighted by Crippen LogP contribution is -2.52. The number of aromatic amines is 1. The van der Waals surface area contributed by atoms with Crippen molar-refractivity contribution in [3.05, 3.63) is 29.6 Å². The number of aliphatic hydroxyl groups is 1. The van der Waals surface area contributed by atoms with Gasteiger partial charge in [-0.1, -0.05) is 6.92 Å². The van der Waals surface area contributed by atoms with Crippen LogP contribution in [0.5, 0.6) is 0 Å². The van der Waals surface area contributed by atoms with Gasteiger partial charge in [0, 0.05) is 38.3 Å². The van der Waals surface area contributed by atoms with Gasteiger partial charge >= 0.3 is 0 Å². The van der Waals surface area contributed by atoms with Gasteiger partial charge in [-0.3, -0.25) is 4.79 Å². The predicted octanol–water partition coefficient (Wildman–Crippen LogP) is 2.12. The van der Waals surface area contributed by atoms with Crippen LogP contribution in [0.25, 0.3) is 11.0 Å². The summed E-state index contributed by atoms with van der Waals surface area (Å²) < 4.78 is 5.09. The summed E-state index contributed by atoms with van der Waals surface area (Å²) >= 11 is 0. The molecule has 0 radical (unpaired) electrons. The van der Waals surface area contributed by atoms with E-state index in [1.807, 2.05) is 36.9 Å². The minimum atomic E-state index is -0.753. The Bertz CT molecular complexity index is 742. The third kappa shape index (κ3) is 3.16. The zero-order valence-corrected chi connectivity index (χ0v) is 14.5. The number of benzene rings is 1. The highest BCUT2D eigenvalue weighted by Crippen LogP contribution is 2.31. The van der Waals surface area contributed by atoms with E-state index in [1.165, 1.54) is 0 Å². The highest BCUT2D eigenvalue weighted by Gasteiger charge is 2.39. The maximum atomic E-state index is 12.8. The molecule has 2 atom stereocenters. The zero-order valence-electron chi connectivity index (χ0n) is 14.5. The first-order chi connectivity index (χ1) is 11.4. The van der Waals surface area contributed by atoms with Crippen LogP contribution in [-0.2, 0) is 4.74 Å². The van der Waals surface area contributed by atoms with Gasteiger partial charge in [0.05, 0.1) is 16.6 Å². The van der Waals surface area contributed by atoms with E-state index in [1.54, 1.807) is 7.11 Å². The fraction of sp³-hybridized carbons (Fsp3) is 0.556. The summed E-state index contributed by atoms with van der Waals surface area (Å²) in [6.45, 7) is 5.54. The molecule has 1 saturated heterocycles. The number of hydrogen-bond donors (Lipinski definition) is 2. The first-order valence-electron chi connectivity index (χ1n) is 8.40. The van der Waals surface area contributed by atoms with Gasteiger partial charge in [-0.15, -0.1) is 0 Å². The molecule has 2 N–H and O–H groups in total. The van der Waals surface area contributed by atoms with E-state index in [4.69, 9.17) is 4.74 Å². The number of H-pyrrole nitrogens is 1. The number of likely N-dealkylation sites (tertiary alicyclic amines) is 1. The molecule has 0 saturated carbocycles. The van der Waals surface area contributed by atoms with Crippen molar-refractivity contribution in [2.75, 3.05) is 26.8 Å². The Morgan fingerprint density at radius 2 is 2.33 bits per heavy atom. The third-order valence-electron chi connectivity index (χ3n) is 5.10. The van der Waals surface area contributed by atoms with E-state index >= 15 is 0 Å². The smallest absolute Gasteiger partial charge is 0.253 e. The zero-order chi connectivity index (χ0) is 17.3. The molecule has 1 unspecified atom stereocenters. The molecular formula is C18H25N3O3. The normalized spacial score (nSPS) is 24.5. The molecule has 1 aliphatic heterocycles.